The van der Waals surface area contributed by atoms with E-state index < -0.39 is 10.0 Å². The van der Waals surface area contributed by atoms with E-state index in [1.807, 2.05) is 36.1 Å². The number of likely N-dealkylation sites (tertiary alicyclic amines) is 1. The summed E-state index contributed by atoms with van der Waals surface area (Å²) >= 11 is 0. The molecule has 7 nitrogen and oxygen atoms in total. The minimum Gasteiger partial charge on any atom is -0.356 e. The third-order valence-corrected chi connectivity index (χ3v) is 6.77. The predicted octanol–water partition coefficient (Wildman–Crippen LogP) is 2.67. The molecule has 0 bridgehead atoms. The maximum atomic E-state index is 12.7. The zero-order valence-corrected chi connectivity index (χ0v) is 17.8. The zero-order chi connectivity index (χ0) is 21.0. The SMILES string of the molecule is C=CCNC(=O)NC1CCN(C2=NS(=O)(=O)C(c3ccc(CC)cc3)=C2C)CC1. The van der Waals surface area contributed by atoms with Crippen LogP contribution in [0.5, 0.6) is 0 Å². The van der Waals surface area contributed by atoms with Gasteiger partial charge in [-0.25, -0.2) is 4.79 Å². The highest BCUT2D eigenvalue weighted by Gasteiger charge is 2.34. The molecule has 0 spiro atoms. The number of carbonyl (C=O) groups excluding carboxylic acids is 1. The molecule has 2 N–H and O–H groups in total. The number of carbonyl (C=O) groups is 1. The number of hydrogen-bond donors (Lipinski definition) is 2. The molecular formula is C21H28N4O3S. The molecular weight excluding hydrogens is 388 g/mol. The molecule has 0 atom stereocenters. The Balaban J connectivity index is 1.71. The highest BCUT2D eigenvalue weighted by atomic mass is 32.2. The fraction of sp³-hybridized carbons (Fsp3) is 0.429. The number of amides is 2. The Labute approximate surface area is 172 Å². The summed E-state index contributed by atoms with van der Waals surface area (Å²) in [6.45, 7) is 9.16. The molecule has 2 aliphatic rings. The minimum atomic E-state index is -3.71. The minimum absolute atomic E-state index is 0.0556. The molecule has 2 heterocycles. The quantitative estimate of drug-likeness (QED) is 0.722. The van der Waals surface area contributed by atoms with Gasteiger partial charge in [-0.15, -0.1) is 11.0 Å². The predicted molar refractivity (Wildman–Crippen MR) is 116 cm³/mol. The lowest BCUT2D eigenvalue weighted by molar-refractivity contribution is 0.227. The summed E-state index contributed by atoms with van der Waals surface area (Å²) in [7, 11) is -3.71. The summed E-state index contributed by atoms with van der Waals surface area (Å²) in [5, 5.41) is 5.65. The number of aryl methyl sites for hydroxylation is 1. The van der Waals surface area contributed by atoms with Gasteiger partial charge in [0.2, 0.25) is 0 Å². The van der Waals surface area contributed by atoms with E-state index in [0.717, 1.165) is 24.8 Å². The van der Waals surface area contributed by atoms with E-state index in [1.54, 1.807) is 6.08 Å². The molecule has 156 valence electrons. The maximum Gasteiger partial charge on any atom is 0.315 e. The first-order valence-corrected chi connectivity index (χ1v) is 11.4. The summed E-state index contributed by atoms with van der Waals surface area (Å²) in [6.07, 6.45) is 3.99. The molecule has 0 saturated carbocycles. The number of rotatable bonds is 5. The van der Waals surface area contributed by atoms with Crippen LogP contribution in [0.25, 0.3) is 4.91 Å². The van der Waals surface area contributed by atoms with E-state index in [-0.39, 0.29) is 12.1 Å². The zero-order valence-electron chi connectivity index (χ0n) is 16.9. The van der Waals surface area contributed by atoms with Crippen molar-refractivity contribution in [2.75, 3.05) is 19.6 Å². The van der Waals surface area contributed by atoms with Crippen molar-refractivity contribution in [1.82, 2.24) is 15.5 Å². The summed E-state index contributed by atoms with van der Waals surface area (Å²) in [6, 6.07) is 7.46. The van der Waals surface area contributed by atoms with Gasteiger partial charge in [0, 0.05) is 31.2 Å². The highest BCUT2D eigenvalue weighted by Crippen LogP contribution is 2.34. The number of piperidine rings is 1. The molecule has 1 aromatic rings. The monoisotopic (exact) mass is 416 g/mol. The largest absolute Gasteiger partial charge is 0.356 e. The van der Waals surface area contributed by atoms with E-state index in [2.05, 4.69) is 28.5 Å². The molecule has 1 fully saturated rings. The van der Waals surface area contributed by atoms with E-state index in [9.17, 15) is 13.2 Å². The molecule has 1 saturated heterocycles. The lowest BCUT2D eigenvalue weighted by atomic mass is 10.0. The van der Waals surface area contributed by atoms with Crippen LogP contribution in [-0.4, -0.2) is 50.9 Å². The summed E-state index contributed by atoms with van der Waals surface area (Å²) in [5.74, 6) is 0.522. The van der Waals surface area contributed by atoms with E-state index in [0.29, 0.717) is 41.5 Å². The van der Waals surface area contributed by atoms with Crippen molar-refractivity contribution in [3.8, 4) is 0 Å². The lowest BCUT2D eigenvalue weighted by Crippen LogP contribution is -2.49. The average molecular weight is 417 g/mol. The normalized spacial score (nSPS) is 19.1. The molecule has 3 rings (SSSR count). The highest BCUT2D eigenvalue weighted by molar-refractivity contribution is 8.00. The van der Waals surface area contributed by atoms with E-state index in [1.165, 1.54) is 0 Å². The van der Waals surface area contributed by atoms with Crippen LogP contribution in [0.15, 0.2) is 46.9 Å². The molecule has 29 heavy (non-hydrogen) atoms. The van der Waals surface area contributed by atoms with Crippen LogP contribution in [0.1, 0.15) is 37.8 Å². The van der Waals surface area contributed by atoms with Gasteiger partial charge in [0.15, 0.2) is 0 Å². The second kappa shape index (κ2) is 8.82. The van der Waals surface area contributed by atoms with Crippen molar-refractivity contribution >= 4 is 26.8 Å². The number of hydrogen-bond acceptors (Lipinski definition) is 4. The fourth-order valence-corrected chi connectivity index (χ4v) is 5.20. The standard InChI is InChI=1S/C21H28N4O3S/c1-4-12-22-21(26)23-18-10-13-25(14-11-18)20-15(3)19(29(27,28)24-20)17-8-6-16(5-2)7-9-17/h4,6-9,18H,1,5,10-14H2,2-3H3,(H2,22,23,26). The number of nitrogens with one attached hydrogen (secondary N) is 2. The van der Waals surface area contributed by atoms with Crippen molar-refractivity contribution in [2.24, 2.45) is 4.40 Å². The first-order chi connectivity index (χ1) is 13.9. The Morgan fingerprint density at radius 1 is 1.28 bits per heavy atom. The van der Waals surface area contributed by atoms with Gasteiger partial charge in [-0.2, -0.15) is 8.42 Å². The summed E-state index contributed by atoms with van der Waals surface area (Å²) < 4.78 is 29.6. The van der Waals surface area contributed by atoms with Gasteiger partial charge in [0.1, 0.15) is 10.7 Å². The van der Waals surface area contributed by atoms with Crippen molar-refractivity contribution < 1.29 is 13.2 Å². The van der Waals surface area contributed by atoms with Crippen molar-refractivity contribution in [3.05, 3.63) is 53.6 Å². The molecule has 0 radical (unpaired) electrons. The van der Waals surface area contributed by atoms with Gasteiger partial charge in [-0.1, -0.05) is 37.3 Å². The van der Waals surface area contributed by atoms with Crippen molar-refractivity contribution in [2.45, 2.75) is 39.2 Å². The van der Waals surface area contributed by atoms with E-state index >= 15 is 0 Å². The van der Waals surface area contributed by atoms with Gasteiger partial charge in [0.05, 0.1) is 0 Å². The van der Waals surface area contributed by atoms with Crippen LogP contribution in [-0.2, 0) is 16.4 Å². The molecule has 0 unspecified atom stereocenters. The molecule has 0 aliphatic carbocycles. The second-order valence-electron chi connectivity index (χ2n) is 7.30. The number of urea groups is 1. The van der Waals surface area contributed by atoms with Gasteiger partial charge in [-0.3, -0.25) is 0 Å². The third kappa shape index (κ3) is 4.70. The van der Waals surface area contributed by atoms with Gasteiger partial charge in [-0.05, 0) is 37.3 Å². The Morgan fingerprint density at radius 2 is 1.93 bits per heavy atom. The first-order valence-electron chi connectivity index (χ1n) is 9.91. The van der Waals surface area contributed by atoms with Crippen LogP contribution in [0.3, 0.4) is 0 Å². The molecule has 1 aromatic carbocycles. The molecule has 2 aliphatic heterocycles. The van der Waals surface area contributed by atoms with Crippen LogP contribution in [0, 0.1) is 0 Å². The summed E-state index contributed by atoms with van der Waals surface area (Å²) in [4.78, 5) is 14.1. The van der Waals surface area contributed by atoms with Gasteiger partial charge in [0.25, 0.3) is 10.0 Å². The first kappa shape index (κ1) is 21.1. The number of amidine groups is 1. The van der Waals surface area contributed by atoms with Crippen LogP contribution in [0.4, 0.5) is 4.79 Å². The number of nitrogens with zero attached hydrogens (tertiary/aromatic N) is 2. The third-order valence-electron chi connectivity index (χ3n) is 5.30. The van der Waals surface area contributed by atoms with Gasteiger partial charge >= 0.3 is 6.03 Å². The maximum absolute atomic E-state index is 12.7. The molecule has 2 amide bonds. The summed E-state index contributed by atoms with van der Waals surface area (Å²) in [5.41, 5.74) is 2.52. The van der Waals surface area contributed by atoms with Crippen molar-refractivity contribution in [1.29, 1.82) is 0 Å². The molecule has 8 heteroatoms. The topological polar surface area (TPSA) is 90.9 Å². The van der Waals surface area contributed by atoms with Gasteiger partial charge < -0.3 is 15.5 Å². The Kier molecular flexibility index (Phi) is 6.42. The Morgan fingerprint density at radius 3 is 2.52 bits per heavy atom. The van der Waals surface area contributed by atoms with Crippen molar-refractivity contribution in [3.63, 3.8) is 0 Å². The smallest absolute Gasteiger partial charge is 0.315 e. The van der Waals surface area contributed by atoms with E-state index in [4.69, 9.17) is 0 Å². The number of sulfonamides is 1. The Hall–Kier alpha value is -2.61. The van der Waals surface area contributed by atoms with Crippen LogP contribution >= 0.6 is 0 Å². The number of benzene rings is 1. The Bertz CT molecular complexity index is 941. The van der Waals surface area contributed by atoms with Crippen LogP contribution in [0.2, 0.25) is 0 Å². The fourth-order valence-electron chi connectivity index (χ4n) is 3.71. The average Bonchev–Trinajstić information content (AvgIpc) is 2.96. The lowest BCUT2D eigenvalue weighted by Gasteiger charge is -2.33. The van der Waals surface area contributed by atoms with Crippen LogP contribution < -0.4 is 10.6 Å². The molecule has 0 aromatic heterocycles. The second-order valence-corrected chi connectivity index (χ2v) is 8.84.